The minimum absolute atomic E-state index is 0.339. The number of nitrogens with zero attached hydrogens (tertiary/aromatic N) is 1. The molecule has 1 heterocycles. The summed E-state index contributed by atoms with van der Waals surface area (Å²) in [7, 11) is 0. The first kappa shape index (κ1) is 10.1. The molecule has 3 nitrogen and oxygen atoms in total. The Morgan fingerprint density at radius 2 is 2.46 bits per heavy atom. The van der Waals surface area contributed by atoms with Crippen LogP contribution < -0.4 is 11.1 Å². The maximum Gasteiger partial charge on any atom is 0.189 e. The maximum absolute atomic E-state index is 5.63. The van der Waals surface area contributed by atoms with E-state index in [1.165, 1.54) is 5.56 Å². The van der Waals surface area contributed by atoms with E-state index in [-0.39, 0.29) is 0 Å². The normalized spacial score (nSPS) is 12.1. The maximum atomic E-state index is 5.63. The lowest BCUT2D eigenvalue weighted by Crippen LogP contribution is -2.36. The summed E-state index contributed by atoms with van der Waals surface area (Å²) in [6.07, 6.45) is 0. The minimum atomic E-state index is 0.339. The smallest absolute Gasteiger partial charge is 0.189 e. The third kappa shape index (κ3) is 3.94. The van der Waals surface area contributed by atoms with Crippen molar-refractivity contribution in [2.24, 2.45) is 10.7 Å². The molecule has 0 spiro atoms. The molecule has 0 bridgehead atoms. The van der Waals surface area contributed by atoms with Gasteiger partial charge in [0.2, 0.25) is 0 Å². The van der Waals surface area contributed by atoms with Gasteiger partial charge in [0.25, 0.3) is 0 Å². The van der Waals surface area contributed by atoms with Gasteiger partial charge in [0.1, 0.15) is 0 Å². The summed E-state index contributed by atoms with van der Waals surface area (Å²) < 4.78 is 0. The van der Waals surface area contributed by atoms with Crippen molar-refractivity contribution in [2.45, 2.75) is 26.4 Å². The largest absolute Gasteiger partial charge is 0.370 e. The van der Waals surface area contributed by atoms with E-state index < -0.39 is 0 Å². The van der Waals surface area contributed by atoms with Crippen LogP contribution in [0.2, 0.25) is 0 Å². The average molecular weight is 197 g/mol. The lowest BCUT2D eigenvalue weighted by Gasteiger charge is -2.07. The fourth-order valence-electron chi connectivity index (χ4n) is 0.900. The van der Waals surface area contributed by atoms with E-state index in [2.05, 4.69) is 21.8 Å². The molecule has 0 amide bonds. The molecule has 0 aliphatic heterocycles. The van der Waals surface area contributed by atoms with Crippen molar-refractivity contribution >= 4 is 17.3 Å². The molecule has 0 aliphatic rings. The lowest BCUT2D eigenvalue weighted by atomic mass is 10.3. The van der Waals surface area contributed by atoms with E-state index in [1.807, 2.05) is 19.2 Å². The number of aliphatic imine (C=N–C) groups is 1. The zero-order valence-electron chi connectivity index (χ0n) is 7.95. The van der Waals surface area contributed by atoms with Gasteiger partial charge in [-0.1, -0.05) is 0 Å². The van der Waals surface area contributed by atoms with Crippen molar-refractivity contribution in [1.82, 2.24) is 5.32 Å². The van der Waals surface area contributed by atoms with Crippen LogP contribution in [0.3, 0.4) is 0 Å². The van der Waals surface area contributed by atoms with Crippen molar-refractivity contribution in [2.75, 3.05) is 0 Å². The number of hydrogen-bond acceptors (Lipinski definition) is 2. The fourth-order valence-corrected chi connectivity index (χ4v) is 1.56. The Kier molecular flexibility index (Phi) is 3.76. The van der Waals surface area contributed by atoms with Crippen molar-refractivity contribution in [3.05, 3.63) is 22.4 Å². The van der Waals surface area contributed by atoms with E-state index in [4.69, 9.17) is 5.73 Å². The number of guanidine groups is 1. The Hall–Kier alpha value is -1.03. The number of hydrogen-bond donors (Lipinski definition) is 2. The summed E-state index contributed by atoms with van der Waals surface area (Å²) in [5, 5.41) is 7.15. The van der Waals surface area contributed by atoms with Crippen LogP contribution in [0.5, 0.6) is 0 Å². The summed E-state index contributed by atoms with van der Waals surface area (Å²) in [6.45, 7) is 4.73. The van der Waals surface area contributed by atoms with E-state index in [9.17, 15) is 0 Å². The summed E-state index contributed by atoms with van der Waals surface area (Å²) in [6, 6.07) is 2.39. The van der Waals surface area contributed by atoms with Gasteiger partial charge in [0.15, 0.2) is 5.96 Å². The monoisotopic (exact) mass is 197 g/mol. The molecule has 13 heavy (non-hydrogen) atoms. The molecule has 0 saturated heterocycles. The third-order valence-electron chi connectivity index (χ3n) is 1.45. The second-order valence-corrected chi connectivity index (χ2v) is 3.91. The van der Waals surface area contributed by atoms with Crippen LogP contribution in [0.4, 0.5) is 0 Å². The lowest BCUT2D eigenvalue weighted by molar-refractivity contribution is 0.723. The second kappa shape index (κ2) is 4.87. The first-order chi connectivity index (χ1) is 6.18. The van der Waals surface area contributed by atoms with Crippen molar-refractivity contribution in [1.29, 1.82) is 0 Å². The third-order valence-corrected chi connectivity index (χ3v) is 2.18. The highest BCUT2D eigenvalue weighted by atomic mass is 32.1. The molecular formula is C9H15N3S. The fraction of sp³-hybridized carbons (Fsp3) is 0.444. The van der Waals surface area contributed by atoms with Gasteiger partial charge >= 0.3 is 0 Å². The van der Waals surface area contributed by atoms with Crippen LogP contribution in [0.25, 0.3) is 0 Å². The second-order valence-electron chi connectivity index (χ2n) is 3.13. The zero-order valence-corrected chi connectivity index (χ0v) is 8.77. The quantitative estimate of drug-likeness (QED) is 0.570. The van der Waals surface area contributed by atoms with Gasteiger partial charge in [-0.25, -0.2) is 4.99 Å². The number of rotatable bonds is 3. The Morgan fingerprint density at radius 3 is 3.00 bits per heavy atom. The number of nitrogens with two attached hydrogens (primary N) is 1. The van der Waals surface area contributed by atoms with Gasteiger partial charge in [0, 0.05) is 6.04 Å². The number of thiophene rings is 1. The molecule has 72 valence electrons. The highest BCUT2D eigenvalue weighted by Gasteiger charge is 1.95. The summed E-state index contributed by atoms with van der Waals surface area (Å²) in [5.41, 5.74) is 6.84. The molecule has 1 aromatic heterocycles. The molecule has 0 unspecified atom stereocenters. The SMILES string of the molecule is CC(C)NC(N)=NCc1ccsc1. The molecule has 1 rings (SSSR count). The van der Waals surface area contributed by atoms with Gasteiger partial charge in [-0.15, -0.1) is 0 Å². The van der Waals surface area contributed by atoms with Gasteiger partial charge in [-0.3, -0.25) is 0 Å². The standard InChI is InChI=1S/C9H15N3S/c1-7(2)12-9(10)11-5-8-3-4-13-6-8/h3-4,6-7H,5H2,1-2H3,(H3,10,11,12). The van der Waals surface area contributed by atoms with Crippen LogP contribution >= 0.6 is 11.3 Å². The predicted molar refractivity (Wildman–Crippen MR) is 57.9 cm³/mol. The first-order valence-electron chi connectivity index (χ1n) is 4.26. The molecule has 0 aliphatic carbocycles. The Labute approximate surface area is 82.7 Å². The van der Waals surface area contributed by atoms with Gasteiger partial charge in [0.05, 0.1) is 6.54 Å². The highest BCUT2D eigenvalue weighted by Crippen LogP contribution is 2.06. The van der Waals surface area contributed by atoms with Crippen molar-refractivity contribution in [3.8, 4) is 0 Å². The van der Waals surface area contributed by atoms with Crippen LogP contribution in [-0.2, 0) is 6.54 Å². The molecule has 3 N–H and O–H groups in total. The topological polar surface area (TPSA) is 50.4 Å². The van der Waals surface area contributed by atoms with Gasteiger partial charge < -0.3 is 11.1 Å². The minimum Gasteiger partial charge on any atom is -0.370 e. The average Bonchev–Trinajstić information content (AvgIpc) is 2.51. The van der Waals surface area contributed by atoms with Gasteiger partial charge in [-0.05, 0) is 36.2 Å². The first-order valence-corrected chi connectivity index (χ1v) is 5.20. The Balaban J connectivity index is 2.39. The Morgan fingerprint density at radius 1 is 1.69 bits per heavy atom. The van der Waals surface area contributed by atoms with Crippen LogP contribution in [0.1, 0.15) is 19.4 Å². The van der Waals surface area contributed by atoms with E-state index in [0.717, 1.165) is 0 Å². The molecule has 0 saturated carbocycles. The zero-order chi connectivity index (χ0) is 9.68. The molecular weight excluding hydrogens is 182 g/mol. The van der Waals surface area contributed by atoms with E-state index in [0.29, 0.717) is 18.5 Å². The van der Waals surface area contributed by atoms with E-state index in [1.54, 1.807) is 11.3 Å². The molecule has 1 aromatic rings. The van der Waals surface area contributed by atoms with Crippen molar-refractivity contribution in [3.63, 3.8) is 0 Å². The summed E-state index contributed by atoms with van der Waals surface area (Å²) in [4.78, 5) is 4.20. The molecule has 0 fully saturated rings. The van der Waals surface area contributed by atoms with E-state index >= 15 is 0 Å². The summed E-state index contributed by atoms with van der Waals surface area (Å²) >= 11 is 1.67. The molecule has 4 heteroatoms. The molecule has 0 aromatic carbocycles. The highest BCUT2D eigenvalue weighted by molar-refractivity contribution is 7.07. The van der Waals surface area contributed by atoms with Gasteiger partial charge in [-0.2, -0.15) is 11.3 Å². The summed E-state index contributed by atoms with van der Waals surface area (Å²) in [5.74, 6) is 0.515. The van der Waals surface area contributed by atoms with Crippen molar-refractivity contribution < 1.29 is 0 Å². The van der Waals surface area contributed by atoms with Crippen LogP contribution in [-0.4, -0.2) is 12.0 Å². The van der Waals surface area contributed by atoms with Crippen LogP contribution in [0, 0.1) is 0 Å². The molecule has 0 atom stereocenters. The predicted octanol–water partition coefficient (Wildman–Crippen LogP) is 1.56. The van der Waals surface area contributed by atoms with Crippen LogP contribution in [0.15, 0.2) is 21.8 Å². The molecule has 0 radical (unpaired) electrons. The Bertz CT molecular complexity index is 264. The number of nitrogens with one attached hydrogen (secondary N) is 1.